The molecule has 2 amide bonds. The Kier molecular flexibility index (Phi) is 5.19. The summed E-state index contributed by atoms with van der Waals surface area (Å²) >= 11 is 0. The van der Waals surface area contributed by atoms with E-state index < -0.39 is 11.8 Å². The Morgan fingerprint density at radius 3 is 2.81 bits per heavy atom. The van der Waals surface area contributed by atoms with Crippen molar-refractivity contribution in [1.29, 1.82) is 0 Å². The molecule has 3 rings (SSSR count). The smallest absolute Gasteiger partial charge is 0.410 e. The molecule has 0 saturated carbocycles. The van der Waals surface area contributed by atoms with Gasteiger partial charge in [-0.2, -0.15) is 0 Å². The van der Waals surface area contributed by atoms with Gasteiger partial charge in [-0.1, -0.05) is 0 Å². The van der Waals surface area contributed by atoms with Gasteiger partial charge in [0.15, 0.2) is 6.23 Å². The zero-order valence-electron chi connectivity index (χ0n) is 16.3. The van der Waals surface area contributed by atoms with Gasteiger partial charge in [-0.25, -0.2) is 4.79 Å². The predicted molar refractivity (Wildman–Crippen MR) is 100 cm³/mol. The minimum absolute atomic E-state index is 0.140. The minimum atomic E-state index is -0.802. The number of nitrogens with zero attached hydrogens (tertiary/aromatic N) is 2. The van der Waals surface area contributed by atoms with Crippen LogP contribution in [0.25, 0.3) is 5.57 Å². The largest absolute Gasteiger partial charge is 0.444 e. The third-order valence-electron chi connectivity index (χ3n) is 4.70. The summed E-state index contributed by atoms with van der Waals surface area (Å²) in [5, 5.41) is 13.2. The van der Waals surface area contributed by atoms with Crippen LogP contribution in [0.5, 0.6) is 0 Å². The van der Waals surface area contributed by atoms with Gasteiger partial charge in [0, 0.05) is 44.1 Å². The molecule has 1 aromatic rings. The number of piperidine rings is 1. The number of nitrogens with one attached hydrogen (secondary N) is 2. The van der Waals surface area contributed by atoms with E-state index >= 15 is 0 Å². The molecule has 0 aromatic carbocycles. The van der Waals surface area contributed by atoms with Crippen molar-refractivity contribution >= 4 is 17.6 Å². The van der Waals surface area contributed by atoms with Gasteiger partial charge >= 0.3 is 6.09 Å². The summed E-state index contributed by atoms with van der Waals surface area (Å²) in [5.74, 6) is -0.217. The number of aromatic nitrogens is 1. The summed E-state index contributed by atoms with van der Waals surface area (Å²) in [7, 11) is 1.71. The summed E-state index contributed by atoms with van der Waals surface area (Å²) in [6, 6.07) is 1.64. The van der Waals surface area contributed by atoms with E-state index in [9.17, 15) is 14.7 Å². The Morgan fingerprint density at radius 2 is 2.11 bits per heavy atom. The van der Waals surface area contributed by atoms with Crippen LogP contribution in [0, 0.1) is 0 Å². The van der Waals surface area contributed by atoms with Gasteiger partial charge in [-0.3, -0.25) is 4.79 Å². The maximum Gasteiger partial charge on any atom is 0.410 e. The molecule has 148 valence electrons. The lowest BCUT2D eigenvalue weighted by molar-refractivity contribution is -0.116. The number of rotatable bonds is 2. The first-order valence-corrected chi connectivity index (χ1v) is 9.24. The summed E-state index contributed by atoms with van der Waals surface area (Å²) in [4.78, 5) is 31.4. The van der Waals surface area contributed by atoms with Crippen molar-refractivity contribution < 1.29 is 19.4 Å². The number of hydrogen-bond donors (Lipinski definition) is 3. The van der Waals surface area contributed by atoms with E-state index in [2.05, 4.69) is 10.3 Å². The summed E-state index contributed by atoms with van der Waals surface area (Å²) in [6.45, 7) is 6.56. The molecular weight excluding hydrogens is 348 g/mol. The topological polar surface area (TPSA) is 97.9 Å². The van der Waals surface area contributed by atoms with Gasteiger partial charge < -0.3 is 29.9 Å². The molecule has 3 heterocycles. The van der Waals surface area contributed by atoms with Crippen molar-refractivity contribution in [2.24, 2.45) is 0 Å². The van der Waals surface area contributed by atoms with Crippen LogP contribution in [0.2, 0.25) is 0 Å². The monoisotopic (exact) mass is 376 g/mol. The standard InChI is InChI=1S/C19H28N4O4/c1-19(2,3)27-18(26)23-9-5-6-12(10-23)21-16(24)14-11-22(4)17(25)15-13(14)7-8-20-15/h7-8,11-12,17,20,25H,5-6,9-10H2,1-4H3,(H,21,24). The van der Waals surface area contributed by atoms with Gasteiger partial charge in [0.05, 0.1) is 11.3 Å². The molecule has 2 unspecified atom stereocenters. The maximum absolute atomic E-state index is 12.8. The highest BCUT2D eigenvalue weighted by Crippen LogP contribution is 2.31. The predicted octanol–water partition coefficient (Wildman–Crippen LogP) is 1.81. The Morgan fingerprint density at radius 1 is 1.37 bits per heavy atom. The van der Waals surface area contributed by atoms with Crippen LogP contribution in [-0.4, -0.2) is 63.7 Å². The lowest BCUT2D eigenvalue weighted by Crippen LogP contribution is -2.51. The number of fused-ring (bicyclic) bond motifs is 1. The number of H-pyrrole nitrogens is 1. The second-order valence-corrected chi connectivity index (χ2v) is 8.13. The summed E-state index contributed by atoms with van der Waals surface area (Å²) in [5.41, 5.74) is 1.24. The Balaban J connectivity index is 1.66. The minimum Gasteiger partial charge on any atom is -0.444 e. The molecular formula is C19H28N4O4. The Bertz CT molecular complexity index is 749. The molecule has 1 aromatic heterocycles. The van der Waals surface area contributed by atoms with Gasteiger partial charge in [0.1, 0.15) is 5.60 Å². The third kappa shape index (κ3) is 4.27. The van der Waals surface area contributed by atoms with E-state index in [0.29, 0.717) is 29.9 Å². The van der Waals surface area contributed by atoms with Crippen LogP contribution in [-0.2, 0) is 9.53 Å². The van der Waals surface area contributed by atoms with Crippen molar-refractivity contribution in [3.8, 4) is 0 Å². The van der Waals surface area contributed by atoms with Gasteiger partial charge in [0.25, 0.3) is 5.91 Å². The van der Waals surface area contributed by atoms with Crippen molar-refractivity contribution in [3.63, 3.8) is 0 Å². The fourth-order valence-corrected chi connectivity index (χ4v) is 3.41. The van der Waals surface area contributed by atoms with Crippen LogP contribution < -0.4 is 5.32 Å². The van der Waals surface area contributed by atoms with E-state index in [0.717, 1.165) is 12.8 Å². The van der Waals surface area contributed by atoms with Crippen molar-refractivity contribution in [1.82, 2.24) is 20.1 Å². The number of ether oxygens (including phenoxy) is 1. The maximum atomic E-state index is 12.8. The highest BCUT2D eigenvalue weighted by Gasteiger charge is 2.31. The number of carbonyl (C=O) groups excluding carboxylic acids is 2. The number of likely N-dealkylation sites (tertiary alicyclic amines) is 1. The lowest BCUT2D eigenvalue weighted by atomic mass is 10.0. The Hall–Kier alpha value is -2.48. The number of aromatic amines is 1. The van der Waals surface area contributed by atoms with Gasteiger partial charge in [-0.15, -0.1) is 0 Å². The molecule has 8 nitrogen and oxygen atoms in total. The summed E-state index contributed by atoms with van der Waals surface area (Å²) in [6.07, 6.45) is 3.80. The third-order valence-corrected chi connectivity index (χ3v) is 4.70. The van der Waals surface area contributed by atoms with Gasteiger partial charge in [0.2, 0.25) is 0 Å². The normalized spacial score (nSPS) is 22.8. The zero-order valence-corrected chi connectivity index (χ0v) is 16.3. The first-order chi connectivity index (χ1) is 12.7. The molecule has 0 bridgehead atoms. The summed E-state index contributed by atoms with van der Waals surface area (Å²) < 4.78 is 5.43. The first kappa shape index (κ1) is 19.3. The number of aliphatic hydroxyl groups excluding tert-OH is 1. The highest BCUT2D eigenvalue weighted by molar-refractivity contribution is 6.20. The van der Waals surface area contributed by atoms with E-state index in [1.54, 1.807) is 35.3 Å². The number of carbonyl (C=O) groups is 2. The second-order valence-electron chi connectivity index (χ2n) is 8.13. The van der Waals surface area contributed by atoms with Crippen LogP contribution >= 0.6 is 0 Å². The molecule has 0 spiro atoms. The number of hydrogen-bond acceptors (Lipinski definition) is 5. The molecule has 2 atom stereocenters. The van der Waals surface area contributed by atoms with Crippen molar-refractivity contribution in [3.05, 3.63) is 29.7 Å². The number of amides is 2. The lowest BCUT2D eigenvalue weighted by Gasteiger charge is -2.35. The molecule has 3 N–H and O–H groups in total. The Labute approximate surface area is 159 Å². The first-order valence-electron chi connectivity index (χ1n) is 9.24. The quantitative estimate of drug-likeness (QED) is 0.731. The van der Waals surface area contributed by atoms with Crippen molar-refractivity contribution in [2.75, 3.05) is 20.1 Å². The van der Waals surface area contributed by atoms with E-state index in [-0.39, 0.29) is 18.0 Å². The van der Waals surface area contributed by atoms with Gasteiger partial charge in [-0.05, 0) is 39.7 Å². The molecule has 0 aliphatic carbocycles. The molecule has 1 fully saturated rings. The van der Waals surface area contributed by atoms with Crippen LogP contribution in [0.3, 0.4) is 0 Å². The molecule has 2 aliphatic rings. The molecule has 8 heteroatoms. The fraction of sp³-hybridized carbons (Fsp3) is 0.579. The van der Waals surface area contributed by atoms with E-state index in [4.69, 9.17) is 4.74 Å². The van der Waals surface area contributed by atoms with Crippen LogP contribution in [0.1, 0.15) is 51.1 Å². The van der Waals surface area contributed by atoms with E-state index in [1.807, 2.05) is 20.8 Å². The zero-order chi connectivity index (χ0) is 19.8. The molecule has 1 saturated heterocycles. The SMILES string of the molecule is CN1C=C(C(=O)NC2CCCN(C(=O)OC(C)(C)C)C2)c2cc[nH]c2C1O. The van der Waals surface area contributed by atoms with Crippen molar-refractivity contribution in [2.45, 2.75) is 51.5 Å². The molecule has 2 aliphatic heterocycles. The average molecular weight is 376 g/mol. The molecule has 0 radical (unpaired) electrons. The fourth-order valence-electron chi connectivity index (χ4n) is 3.41. The van der Waals surface area contributed by atoms with Crippen LogP contribution in [0.4, 0.5) is 4.79 Å². The van der Waals surface area contributed by atoms with Crippen LogP contribution in [0.15, 0.2) is 18.5 Å². The second kappa shape index (κ2) is 7.26. The highest BCUT2D eigenvalue weighted by atomic mass is 16.6. The van der Waals surface area contributed by atoms with E-state index in [1.165, 1.54) is 0 Å². The average Bonchev–Trinajstić information content (AvgIpc) is 3.06. The number of aliphatic hydroxyl groups is 1. The molecule has 27 heavy (non-hydrogen) atoms.